The zero-order chi connectivity index (χ0) is 14.0. The van der Waals surface area contributed by atoms with Crippen molar-refractivity contribution in [3.05, 3.63) is 46.2 Å². The van der Waals surface area contributed by atoms with Crippen molar-refractivity contribution in [1.29, 1.82) is 0 Å². The maximum atomic E-state index is 12.2. The van der Waals surface area contributed by atoms with Gasteiger partial charge in [-0.15, -0.1) is 0 Å². The first-order valence-electron chi connectivity index (χ1n) is 5.69. The van der Waals surface area contributed by atoms with Crippen LogP contribution in [0.5, 0.6) is 5.75 Å². The van der Waals surface area contributed by atoms with Crippen LogP contribution in [0.1, 0.15) is 15.9 Å². The van der Waals surface area contributed by atoms with Gasteiger partial charge in [-0.3, -0.25) is 9.48 Å². The zero-order valence-electron chi connectivity index (χ0n) is 10.7. The van der Waals surface area contributed by atoms with Gasteiger partial charge in [-0.1, -0.05) is 15.9 Å². The summed E-state index contributed by atoms with van der Waals surface area (Å²) < 4.78 is 2.42. The van der Waals surface area contributed by atoms with Gasteiger partial charge in [-0.05, 0) is 18.2 Å². The fourth-order valence-corrected chi connectivity index (χ4v) is 2.14. The quantitative estimate of drug-likeness (QED) is 0.941. The van der Waals surface area contributed by atoms with Gasteiger partial charge in [-0.2, -0.15) is 5.10 Å². The summed E-state index contributed by atoms with van der Waals surface area (Å²) in [4.78, 5) is 13.8. The van der Waals surface area contributed by atoms with E-state index in [0.29, 0.717) is 6.54 Å². The zero-order valence-corrected chi connectivity index (χ0v) is 12.3. The third-order valence-corrected chi connectivity index (χ3v) is 3.21. The van der Waals surface area contributed by atoms with Gasteiger partial charge >= 0.3 is 0 Å². The molecule has 5 nitrogen and oxygen atoms in total. The molecule has 0 bridgehead atoms. The van der Waals surface area contributed by atoms with Crippen molar-refractivity contribution in [3.8, 4) is 5.75 Å². The van der Waals surface area contributed by atoms with Crippen LogP contribution >= 0.6 is 15.9 Å². The third-order valence-electron chi connectivity index (χ3n) is 2.71. The minimum Gasteiger partial charge on any atom is -0.507 e. The number of carbonyl (C=O) groups excluding carboxylic acids is 1. The summed E-state index contributed by atoms with van der Waals surface area (Å²) in [5, 5.41) is 13.8. The number of aryl methyl sites for hydroxylation is 1. The van der Waals surface area contributed by atoms with Crippen molar-refractivity contribution in [2.45, 2.75) is 6.54 Å². The number of nitrogens with zero attached hydrogens (tertiary/aromatic N) is 3. The van der Waals surface area contributed by atoms with E-state index in [1.807, 2.05) is 13.2 Å². The molecular weight excluding hydrogens is 310 g/mol. The van der Waals surface area contributed by atoms with E-state index in [4.69, 9.17) is 0 Å². The van der Waals surface area contributed by atoms with E-state index in [1.54, 1.807) is 35.0 Å². The van der Waals surface area contributed by atoms with Gasteiger partial charge in [0.2, 0.25) is 0 Å². The van der Waals surface area contributed by atoms with Crippen LogP contribution in [0.4, 0.5) is 0 Å². The molecule has 0 fully saturated rings. The molecule has 0 atom stereocenters. The van der Waals surface area contributed by atoms with Gasteiger partial charge in [-0.25, -0.2) is 0 Å². The van der Waals surface area contributed by atoms with Crippen LogP contribution in [0, 0.1) is 0 Å². The molecule has 2 rings (SSSR count). The maximum Gasteiger partial charge on any atom is 0.257 e. The molecule has 0 spiro atoms. The standard InChI is InChI=1S/C13H14BrN3O2/c1-16(7-9-6-15-17(2)8-9)13(19)11-4-3-10(14)5-12(11)18/h3-6,8,18H,7H2,1-2H3. The molecular formula is C13H14BrN3O2. The highest BCUT2D eigenvalue weighted by Gasteiger charge is 2.16. The Morgan fingerprint density at radius 3 is 2.84 bits per heavy atom. The first kappa shape index (κ1) is 13.6. The minimum atomic E-state index is -0.228. The Balaban J connectivity index is 2.14. The molecule has 0 saturated carbocycles. The molecule has 1 heterocycles. The lowest BCUT2D eigenvalue weighted by Gasteiger charge is -2.17. The fraction of sp³-hybridized carbons (Fsp3) is 0.231. The largest absolute Gasteiger partial charge is 0.507 e. The maximum absolute atomic E-state index is 12.2. The van der Waals surface area contributed by atoms with Crippen LogP contribution in [0.15, 0.2) is 35.1 Å². The van der Waals surface area contributed by atoms with E-state index in [0.717, 1.165) is 10.0 Å². The summed E-state index contributed by atoms with van der Waals surface area (Å²) >= 11 is 3.24. The summed E-state index contributed by atoms with van der Waals surface area (Å²) in [6.45, 7) is 0.447. The number of benzene rings is 1. The molecule has 1 N–H and O–H groups in total. The summed E-state index contributed by atoms with van der Waals surface area (Å²) in [7, 11) is 3.52. The lowest BCUT2D eigenvalue weighted by atomic mass is 10.1. The van der Waals surface area contributed by atoms with Crippen molar-refractivity contribution in [2.75, 3.05) is 7.05 Å². The number of aromatic hydroxyl groups is 1. The highest BCUT2D eigenvalue weighted by molar-refractivity contribution is 9.10. The van der Waals surface area contributed by atoms with E-state index >= 15 is 0 Å². The minimum absolute atomic E-state index is 0.0302. The smallest absolute Gasteiger partial charge is 0.257 e. The summed E-state index contributed by atoms with van der Waals surface area (Å²) in [5.41, 5.74) is 1.23. The Bertz CT molecular complexity index is 610. The van der Waals surface area contributed by atoms with E-state index in [9.17, 15) is 9.90 Å². The molecule has 2 aromatic rings. The Labute approximate surface area is 119 Å². The molecule has 1 aromatic carbocycles. The molecule has 6 heteroatoms. The van der Waals surface area contributed by atoms with E-state index in [-0.39, 0.29) is 17.2 Å². The molecule has 0 unspecified atom stereocenters. The number of hydrogen-bond acceptors (Lipinski definition) is 3. The highest BCUT2D eigenvalue weighted by atomic mass is 79.9. The van der Waals surface area contributed by atoms with Gasteiger partial charge in [0.25, 0.3) is 5.91 Å². The van der Waals surface area contributed by atoms with E-state index < -0.39 is 0 Å². The Hall–Kier alpha value is -1.82. The average Bonchev–Trinajstić information content (AvgIpc) is 2.74. The second-order valence-electron chi connectivity index (χ2n) is 4.34. The molecule has 1 amide bonds. The second-order valence-corrected chi connectivity index (χ2v) is 5.26. The predicted octanol–water partition coefficient (Wildman–Crippen LogP) is 2.16. The van der Waals surface area contributed by atoms with Crippen molar-refractivity contribution in [3.63, 3.8) is 0 Å². The van der Waals surface area contributed by atoms with Gasteiger partial charge in [0.05, 0.1) is 11.8 Å². The number of amides is 1. The van der Waals surface area contributed by atoms with Crippen LogP contribution in [0.25, 0.3) is 0 Å². The summed E-state index contributed by atoms with van der Waals surface area (Å²) in [5.74, 6) is -0.258. The lowest BCUT2D eigenvalue weighted by Crippen LogP contribution is -2.26. The number of aromatic nitrogens is 2. The van der Waals surface area contributed by atoms with Crippen molar-refractivity contribution in [1.82, 2.24) is 14.7 Å². The van der Waals surface area contributed by atoms with E-state index in [1.165, 1.54) is 6.07 Å². The normalized spacial score (nSPS) is 10.5. The fourth-order valence-electron chi connectivity index (χ4n) is 1.79. The first-order chi connectivity index (χ1) is 8.97. The molecule has 0 saturated heterocycles. The summed E-state index contributed by atoms with van der Waals surface area (Å²) in [6.07, 6.45) is 3.57. The van der Waals surface area contributed by atoms with Gasteiger partial charge in [0, 0.05) is 36.9 Å². The number of halogens is 1. The number of phenolic OH excluding ortho intramolecular Hbond substituents is 1. The Morgan fingerprint density at radius 1 is 1.53 bits per heavy atom. The van der Waals surface area contributed by atoms with Gasteiger partial charge in [0.15, 0.2) is 0 Å². The number of rotatable bonds is 3. The number of hydrogen-bond donors (Lipinski definition) is 1. The average molecular weight is 324 g/mol. The molecule has 1 aromatic heterocycles. The molecule has 0 aliphatic carbocycles. The van der Waals surface area contributed by atoms with E-state index in [2.05, 4.69) is 21.0 Å². The third kappa shape index (κ3) is 3.14. The van der Waals surface area contributed by atoms with Crippen molar-refractivity contribution < 1.29 is 9.90 Å². The van der Waals surface area contributed by atoms with Crippen LogP contribution in [0.2, 0.25) is 0 Å². The number of carbonyl (C=O) groups is 1. The predicted molar refractivity (Wildman–Crippen MR) is 74.8 cm³/mol. The van der Waals surface area contributed by atoms with Crippen LogP contribution in [-0.4, -0.2) is 32.7 Å². The molecule has 0 aliphatic rings. The Kier molecular flexibility index (Phi) is 3.90. The summed E-state index contributed by atoms with van der Waals surface area (Å²) in [6, 6.07) is 4.83. The topological polar surface area (TPSA) is 58.4 Å². The molecule has 100 valence electrons. The van der Waals surface area contributed by atoms with Crippen LogP contribution in [0.3, 0.4) is 0 Å². The SMILES string of the molecule is CN(Cc1cnn(C)c1)C(=O)c1ccc(Br)cc1O. The van der Waals surface area contributed by atoms with Gasteiger partial charge < -0.3 is 10.0 Å². The second kappa shape index (κ2) is 5.44. The highest BCUT2D eigenvalue weighted by Crippen LogP contribution is 2.23. The van der Waals surface area contributed by atoms with Crippen molar-refractivity contribution >= 4 is 21.8 Å². The molecule has 0 radical (unpaired) electrons. The van der Waals surface area contributed by atoms with Crippen molar-refractivity contribution in [2.24, 2.45) is 7.05 Å². The molecule has 19 heavy (non-hydrogen) atoms. The number of phenols is 1. The monoisotopic (exact) mass is 323 g/mol. The van der Waals surface area contributed by atoms with Crippen LogP contribution < -0.4 is 0 Å². The first-order valence-corrected chi connectivity index (χ1v) is 6.48. The Morgan fingerprint density at radius 2 is 2.26 bits per heavy atom. The van der Waals surface area contributed by atoms with Gasteiger partial charge in [0.1, 0.15) is 5.75 Å². The van der Waals surface area contributed by atoms with Crippen LogP contribution in [-0.2, 0) is 13.6 Å². The lowest BCUT2D eigenvalue weighted by molar-refractivity contribution is 0.0782. The molecule has 0 aliphatic heterocycles.